The molecule has 0 radical (unpaired) electrons. The Labute approximate surface area is 211 Å². The smallest absolute Gasteiger partial charge is 0.338 e. The van der Waals surface area contributed by atoms with Gasteiger partial charge in [-0.1, -0.05) is 65.2 Å². The number of carbonyl (C=O) groups excluding carboxylic acids is 1. The summed E-state index contributed by atoms with van der Waals surface area (Å²) in [6.07, 6.45) is 0. The summed E-state index contributed by atoms with van der Waals surface area (Å²) < 4.78 is 27.0. The summed E-state index contributed by atoms with van der Waals surface area (Å²) in [5.74, 6) is 0.00769. The third-order valence-corrected chi connectivity index (χ3v) is 6.14. The SMILES string of the molecule is CC1=C(C(=O)OCc2ccccc2)C(c2ccc(OCc3c(F)cccc3Cl)cc2)n2nnnc2N1. The molecule has 0 amide bonds. The fourth-order valence-electron chi connectivity index (χ4n) is 3.96. The molecule has 0 saturated carbocycles. The molecule has 0 spiro atoms. The Morgan fingerprint density at radius 1 is 1.06 bits per heavy atom. The zero-order valence-electron chi connectivity index (χ0n) is 19.2. The maximum absolute atomic E-state index is 14.1. The van der Waals surface area contributed by atoms with Crippen LogP contribution < -0.4 is 10.1 Å². The minimum absolute atomic E-state index is 0.0224. The lowest BCUT2D eigenvalue weighted by Gasteiger charge is -2.27. The van der Waals surface area contributed by atoms with Gasteiger partial charge < -0.3 is 14.8 Å². The number of benzene rings is 3. The van der Waals surface area contributed by atoms with Crippen molar-refractivity contribution in [3.05, 3.63) is 112 Å². The van der Waals surface area contributed by atoms with Gasteiger partial charge in [-0.25, -0.2) is 9.18 Å². The quantitative estimate of drug-likeness (QED) is 0.350. The number of anilines is 1. The van der Waals surface area contributed by atoms with E-state index in [0.717, 1.165) is 11.1 Å². The van der Waals surface area contributed by atoms with E-state index in [1.807, 2.05) is 30.3 Å². The van der Waals surface area contributed by atoms with E-state index in [1.54, 1.807) is 43.3 Å². The molecule has 0 aliphatic carbocycles. The highest BCUT2D eigenvalue weighted by Gasteiger charge is 2.35. The van der Waals surface area contributed by atoms with Crippen LogP contribution in [-0.4, -0.2) is 26.2 Å². The first kappa shape index (κ1) is 23.5. The molecule has 5 rings (SSSR count). The van der Waals surface area contributed by atoms with Gasteiger partial charge in [-0.15, -0.1) is 0 Å². The maximum Gasteiger partial charge on any atom is 0.338 e. The van der Waals surface area contributed by atoms with Gasteiger partial charge in [0, 0.05) is 11.3 Å². The molecule has 2 heterocycles. The number of hydrogen-bond acceptors (Lipinski definition) is 7. The molecular formula is C26H21ClFN5O3. The first-order valence-electron chi connectivity index (χ1n) is 11.1. The van der Waals surface area contributed by atoms with Crippen molar-refractivity contribution < 1.29 is 18.7 Å². The highest BCUT2D eigenvalue weighted by Crippen LogP contribution is 2.35. The minimum atomic E-state index is -0.616. The highest BCUT2D eigenvalue weighted by molar-refractivity contribution is 6.31. The number of halogens is 2. The second-order valence-electron chi connectivity index (χ2n) is 8.13. The minimum Gasteiger partial charge on any atom is -0.489 e. The van der Waals surface area contributed by atoms with Gasteiger partial charge in [0.15, 0.2) is 0 Å². The molecular weight excluding hydrogens is 485 g/mol. The summed E-state index contributed by atoms with van der Waals surface area (Å²) in [5, 5.41) is 15.2. The summed E-state index contributed by atoms with van der Waals surface area (Å²) >= 11 is 6.09. The monoisotopic (exact) mass is 505 g/mol. The molecule has 0 saturated heterocycles. The highest BCUT2D eigenvalue weighted by atomic mass is 35.5. The number of aromatic nitrogens is 4. The number of tetrazole rings is 1. The number of ether oxygens (including phenoxy) is 2. The van der Waals surface area contributed by atoms with Crippen molar-refractivity contribution in [3.8, 4) is 5.75 Å². The molecule has 4 aromatic rings. The number of nitrogens with zero attached hydrogens (tertiary/aromatic N) is 4. The molecule has 1 aliphatic rings. The predicted molar refractivity (Wildman–Crippen MR) is 131 cm³/mol. The van der Waals surface area contributed by atoms with Gasteiger partial charge >= 0.3 is 5.97 Å². The zero-order chi connectivity index (χ0) is 25.1. The van der Waals surface area contributed by atoms with Crippen molar-refractivity contribution in [1.82, 2.24) is 20.2 Å². The molecule has 182 valence electrons. The maximum atomic E-state index is 14.1. The topological polar surface area (TPSA) is 91.2 Å². The Balaban J connectivity index is 1.38. The van der Waals surface area contributed by atoms with Gasteiger partial charge in [0.05, 0.1) is 10.6 Å². The number of carbonyl (C=O) groups is 1. The Morgan fingerprint density at radius 3 is 2.58 bits per heavy atom. The van der Waals surface area contributed by atoms with Crippen LogP contribution in [0.3, 0.4) is 0 Å². The number of rotatable bonds is 7. The van der Waals surface area contributed by atoms with Gasteiger partial charge in [0.25, 0.3) is 0 Å². The van der Waals surface area contributed by atoms with E-state index in [2.05, 4.69) is 20.8 Å². The van der Waals surface area contributed by atoms with E-state index in [-0.39, 0.29) is 18.8 Å². The summed E-state index contributed by atoms with van der Waals surface area (Å²) in [4.78, 5) is 13.2. The van der Waals surface area contributed by atoms with E-state index < -0.39 is 17.8 Å². The van der Waals surface area contributed by atoms with E-state index in [9.17, 15) is 9.18 Å². The fourth-order valence-corrected chi connectivity index (χ4v) is 4.18. The number of fused-ring (bicyclic) bond motifs is 1. The molecule has 1 atom stereocenters. The van der Waals surface area contributed by atoms with Crippen molar-refractivity contribution in [3.63, 3.8) is 0 Å². The Bertz CT molecular complexity index is 1400. The van der Waals surface area contributed by atoms with Crippen LogP contribution in [-0.2, 0) is 22.7 Å². The lowest BCUT2D eigenvalue weighted by Crippen LogP contribution is -2.29. The van der Waals surface area contributed by atoms with E-state index >= 15 is 0 Å². The van der Waals surface area contributed by atoms with Crippen LogP contribution in [0.15, 0.2) is 84.1 Å². The molecule has 10 heteroatoms. The van der Waals surface area contributed by atoms with E-state index in [1.165, 1.54) is 10.7 Å². The standard InChI is InChI=1S/C26H21ClFN5O3/c1-16-23(25(34)36-14-17-6-3-2-4-7-17)24(33-26(29-16)30-31-32-33)18-10-12-19(13-11-18)35-15-20-21(27)8-5-9-22(20)28/h2-13,24H,14-15H2,1H3,(H,29,30,32). The largest absolute Gasteiger partial charge is 0.489 e. The van der Waals surface area contributed by atoms with Crippen molar-refractivity contribution in [2.75, 3.05) is 5.32 Å². The normalized spacial score (nSPS) is 14.7. The second kappa shape index (κ2) is 10.2. The second-order valence-corrected chi connectivity index (χ2v) is 8.54. The Kier molecular flexibility index (Phi) is 6.64. The molecule has 0 bridgehead atoms. The number of allylic oxidation sites excluding steroid dienone is 1. The first-order chi connectivity index (χ1) is 17.5. The number of hydrogen-bond donors (Lipinski definition) is 1. The summed E-state index contributed by atoms with van der Waals surface area (Å²) in [6, 6.07) is 20.4. The van der Waals surface area contributed by atoms with Crippen LogP contribution in [0.2, 0.25) is 5.02 Å². The molecule has 36 heavy (non-hydrogen) atoms. The molecule has 1 aromatic heterocycles. The molecule has 8 nitrogen and oxygen atoms in total. The van der Waals surface area contributed by atoms with E-state index in [4.69, 9.17) is 21.1 Å². The van der Waals surface area contributed by atoms with Crippen molar-refractivity contribution in [2.45, 2.75) is 26.2 Å². The van der Waals surface area contributed by atoms with Crippen molar-refractivity contribution in [1.29, 1.82) is 0 Å². The van der Waals surface area contributed by atoms with Crippen LogP contribution in [0.25, 0.3) is 0 Å². The molecule has 1 N–H and O–H groups in total. The zero-order valence-corrected chi connectivity index (χ0v) is 19.9. The van der Waals surface area contributed by atoms with Crippen molar-refractivity contribution >= 4 is 23.5 Å². The predicted octanol–water partition coefficient (Wildman–Crippen LogP) is 5.08. The third kappa shape index (κ3) is 4.78. The van der Waals surface area contributed by atoms with Crippen LogP contribution in [0.1, 0.15) is 29.7 Å². The van der Waals surface area contributed by atoms with Crippen LogP contribution in [0.5, 0.6) is 5.75 Å². The van der Waals surface area contributed by atoms with Gasteiger partial charge in [-0.2, -0.15) is 4.68 Å². The summed E-state index contributed by atoms with van der Waals surface area (Å²) in [6.45, 7) is 1.89. The van der Waals surface area contributed by atoms with Gasteiger partial charge in [-0.3, -0.25) is 0 Å². The summed E-state index contributed by atoms with van der Waals surface area (Å²) in [7, 11) is 0. The van der Waals surface area contributed by atoms with Gasteiger partial charge in [0.1, 0.15) is 30.8 Å². The molecule has 1 unspecified atom stereocenters. The average Bonchev–Trinajstić information content (AvgIpc) is 3.35. The Morgan fingerprint density at radius 2 is 1.83 bits per heavy atom. The number of esters is 1. The van der Waals surface area contributed by atoms with Crippen molar-refractivity contribution in [2.24, 2.45) is 0 Å². The number of nitrogens with one attached hydrogen (secondary N) is 1. The lowest BCUT2D eigenvalue weighted by atomic mass is 9.95. The summed E-state index contributed by atoms with van der Waals surface area (Å²) in [5.41, 5.74) is 2.88. The fraction of sp³-hybridized carbons (Fsp3) is 0.154. The van der Waals surface area contributed by atoms with Crippen LogP contribution >= 0.6 is 11.6 Å². The Hall–Kier alpha value is -4.24. The van der Waals surface area contributed by atoms with Gasteiger partial charge in [0.2, 0.25) is 5.95 Å². The molecule has 3 aromatic carbocycles. The first-order valence-corrected chi connectivity index (χ1v) is 11.5. The van der Waals surface area contributed by atoms with Crippen LogP contribution in [0.4, 0.5) is 10.3 Å². The van der Waals surface area contributed by atoms with E-state index in [0.29, 0.717) is 28.0 Å². The lowest BCUT2D eigenvalue weighted by molar-refractivity contribution is -0.140. The van der Waals surface area contributed by atoms with Gasteiger partial charge in [-0.05, 0) is 52.7 Å². The molecule has 0 fully saturated rings. The third-order valence-electron chi connectivity index (χ3n) is 5.79. The van der Waals surface area contributed by atoms with Crippen LogP contribution in [0, 0.1) is 5.82 Å². The molecule has 1 aliphatic heterocycles. The average molecular weight is 506 g/mol.